The Kier molecular flexibility index (Phi) is 3.26. The van der Waals surface area contributed by atoms with Crippen LogP contribution in [0.2, 0.25) is 0 Å². The van der Waals surface area contributed by atoms with E-state index in [-0.39, 0.29) is 12.3 Å². The van der Waals surface area contributed by atoms with Gasteiger partial charge in [0.2, 0.25) is 11.7 Å². The maximum absolute atomic E-state index is 11.0. The van der Waals surface area contributed by atoms with E-state index in [1.54, 1.807) is 8.97 Å². The van der Waals surface area contributed by atoms with Gasteiger partial charge in [-0.1, -0.05) is 23.9 Å². The number of primary amides is 1. The van der Waals surface area contributed by atoms with Crippen LogP contribution in [0.25, 0.3) is 16.8 Å². The molecule has 0 bridgehead atoms. The summed E-state index contributed by atoms with van der Waals surface area (Å²) in [6.45, 7) is -0.213. The van der Waals surface area contributed by atoms with E-state index in [0.717, 1.165) is 11.0 Å². The predicted molar refractivity (Wildman–Crippen MR) is 76.0 cm³/mol. The van der Waals surface area contributed by atoms with Gasteiger partial charge in [0.15, 0.2) is 5.16 Å². The zero-order valence-corrected chi connectivity index (χ0v) is 11.6. The van der Waals surface area contributed by atoms with Crippen molar-refractivity contribution in [3.05, 3.63) is 24.3 Å². The first kappa shape index (κ1) is 13.4. The minimum Gasteiger partial charge on any atom is -0.480 e. The Morgan fingerprint density at radius 2 is 1.95 bits per heavy atom. The maximum Gasteiger partial charge on any atom is 0.323 e. The number of nitrogens with zero attached hydrogens (tertiary/aromatic N) is 4. The molecule has 2 heterocycles. The molecule has 0 radical (unpaired) electrons. The van der Waals surface area contributed by atoms with Gasteiger partial charge in [-0.2, -0.15) is 0 Å². The third-order valence-electron chi connectivity index (χ3n) is 2.91. The summed E-state index contributed by atoms with van der Waals surface area (Å²) < 4.78 is 3.30. The molecular weight excluding hydrogens is 294 g/mol. The summed E-state index contributed by atoms with van der Waals surface area (Å²) in [5.41, 5.74) is 6.66. The summed E-state index contributed by atoms with van der Waals surface area (Å²) >= 11 is 1.17. The standard InChI is InChI=1S/C12H11N5O3S/c13-9(18)6-21-12-15-14-11-16(5-10(19)20)7-3-1-2-4-8(7)17(11)12/h1-4H,5-6H2,(H2,13,18)(H,19,20). The molecule has 1 aromatic carbocycles. The molecule has 0 saturated heterocycles. The zero-order valence-electron chi connectivity index (χ0n) is 10.8. The topological polar surface area (TPSA) is 116 Å². The van der Waals surface area contributed by atoms with E-state index in [4.69, 9.17) is 10.8 Å². The molecule has 21 heavy (non-hydrogen) atoms. The van der Waals surface area contributed by atoms with Gasteiger partial charge in [-0.3, -0.25) is 18.6 Å². The molecule has 9 heteroatoms. The largest absolute Gasteiger partial charge is 0.480 e. The number of carbonyl (C=O) groups is 2. The summed E-state index contributed by atoms with van der Waals surface area (Å²) in [4.78, 5) is 21.9. The van der Waals surface area contributed by atoms with Crippen LogP contribution in [0.5, 0.6) is 0 Å². The number of aliphatic carboxylic acids is 1. The van der Waals surface area contributed by atoms with Crippen molar-refractivity contribution in [1.29, 1.82) is 0 Å². The highest BCUT2D eigenvalue weighted by Crippen LogP contribution is 2.25. The molecule has 0 aliphatic carbocycles. The van der Waals surface area contributed by atoms with Crippen LogP contribution >= 0.6 is 11.8 Å². The fraction of sp³-hybridized carbons (Fsp3) is 0.167. The number of carboxylic acids is 1. The molecule has 3 rings (SSSR count). The number of benzene rings is 1. The number of para-hydroxylation sites is 2. The quantitative estimate of drug-likeness (QED) is 0.657. The minimum atomic E-state index is -0.965. The summed E-state index contributed by atoms with van der Waals surface area (Å²) in [6.07, 6.45) is 0. The lowest BCUT2D eigenvalue weighted by Crippen LogP contribution is -2.13. The predicted octanol–water partition coefficient (Wildman–Crippen LogP) is 0.346. The molecule has 108 valence electrons. The zero-order chi connectivity index (χ0) is 15.0. The molecule has 3 N–H and O–H groups in total. The Bertz CT molecular complexity index is 853. The van der Waals surface area contributed by atoms with Crippen LogP contribution in [-0.4, -0.2) is 41.9 Å². The van der Waals surface area contributed by atoms with Crippen molar-refractivity contribution in [2.24, 2.45) is 5.73 Å². The van der Waals surface area contributed by atoms with E-state index in [1.165, 1.54) is 11.8 Å². The van der Waals surface area contributed by atoms with Crippen molar-refractivity contribution in [2.75, 3.05) is 5.75 Å². The van der Waals surface area contributed by atoms with Crippen LogP contribution in [-0.2, 0) is 16.1 Å². The first-order valence-electron chi connectivity index (χ1n) is 6.03. The third kappa shape index (κ3) is 2.31. The number of amides is 1. The van der Waals surface area contributed by atoms with E-state index in [9.17, 15) is 9.59 Å². The van der Waals surface area contributed by atoms with Gasteiger partial charge in [0, 0.05) is 0 Å². The smallest absolute Gasteiger partial charge is 0.323 e. The minimum absolute atomic E-state index is 0.0826. The number of fused-ring (bicyclic) bond motifs is 3. The van der Waals surface area contributed by atoms with Crippen molar-refractivity contribution in [3.63, 3.8) is 0 Å². The first-order valence-corrected chi connectivity index (χ1v) is 7.01. The monoisotopic (exact) mass is 305 g/mol. The van der Waals surface area contributed by atoms with Crippen LogP contribution in [0.15, 0.2) is 29.4 Å². The van der Waals surface area contributed by atoms with Crippen LogP contribution in [0, 0.1) is 0 Å². The first-order chi connectivity index (χ1) is 10.1. The lowest BCUT2D eigenvalue weighted by atomic mass is 10.3. The van der Waals surface area contributed by atoms with Crippen LogP contribution in [0.1, 0.15) is 0 Å². The Morgan fingerprint density at radius 1 is 1.24 bits per heavy atom. The molecule has 0 saturated carbocycles. The SMILES string of the molecule is NC(=O)CSc1nnc2n(CC(=O)O)c3ccccc3n12. The van der Waals surface area contributed by atoms with Gasteiger partial charge in [0.1, 0.15) is 6.54 Å². The van der Waals surface area contributed by atoms with Crippen molar-refractivity contribution < 1.29 is 14.7 Å². The number of rotatable bonds is 5. The van der Waals surface area contributed by atoms with Crippen molar-refractivity contribution in [1.82, 2.24) is 19.2 Å². The number of carbonyl (C=O) groups excluding carboxylic acids is 1. The van der Waals surface area contributed by atoms with E-state index >= 15 is 0 Å². The lowest BCUT2D eigenvalue weighted by Gasteiger charge is -1.99. The number of thioether (sulfide) groups is 1. The van der Waals surface area contributed by atoms with Gasteiger partial charge in [0.25, 0.3) is 0 Å². The number of nitrogens with two attached hydrogens (primary N) is 1. The fourth-order valence-electron chi connectivity index (χ4n) is 2.16. The van der Waals surface area contributed by atoms with Crippen LogP contribution in [0.3, 0.4) is 0 Å². The van der Waals surface area contributed by atoms with Crippen molar-refractivity contribution >= 4 is 40.4 Å². The second-order valence-corrected chi connectivity index (χ2v) is 5.28. The second kappa shape index (κ2) is 5.09. The average molecular weight is 305 g/mol. The summed E-state index contributed by atoms with van der Waals surface area (Å²) in [6, 6.07) is 7.33. The van der Waals surface area contributed by atoms with Gasteiger partial charge in [0.05, 0.1) is 16.8 Å². The number of hydrogen-bond donors (Lipinski definition) is 2. The summed E-state index contributed by atoms with van der Waals surface area (Å²) in [5.74, 6) is -0.914. The number of aromatic nitrogens is 4. The molecule has 0 atom stereocenters. The normalized spacial score (nSPS) is 11.2. The molecule has 0 spiro atoms. The molecular formula is C12H11N5O3S. The van der Waals surface area contributed by atoms with E-state index in [0.29, 0.717) is 10.9 Å². The highest BCUT2D eigenvalue weighted by Gasteiger charge is 2.18. The molecule has 0 aliphatic heterocycles. The van der Waals surface area contributed by atoms with E-state index in [2.05, 4.69) is 10.2 Å². The Morgan fingerprint density at radius 3 is 2.62 bits per heavy atom. The van der Waals surface area contributed by atoms with Crippen molar-refractivity contribution in [2.45, 2.75) is 11.7 Å². The van der Waals surface area contributed by atoms with Gasteiger partial charge < -0.3 is 10.8 Å². The molecule has 1 amide bonds. The van der Waals surface area contributed by atoms with Crippen molar-refractivity contribution in [3.8, 4) is 0 Å². The lowest BCUT2D eigenvalue weighted by molar-refractivity contribution is -0.137. The molecule has 3 aromatic rings. The van der Waals surface area contributed by atoms with Gasteiger partial charge in [-0.25, -0.2) is 0 Å². The van der Waals surface area contributed by atoms with Gasteiger partial charge in [-0.05, 0) is 12.1 Å². The van der Waals surface area contributed by atoms with Gasteiger partial charge in [-0.15, -0.1) is 10.2 Å². The molecule has 0 fully saturated rings. The summed E-state index contributed by atoms with van der Waals surface area (Å²) in [7, 11) is 0. The Hall–Kier alpha value is -2.55. The number of imidazole rings is 1. The van der Waals surface area contributed by atoms with Crippen LogP contribution < -0.4 is 5.73 Å². The fourth-order valence-corrected chi connectivity index (χ4v) is 2.84. The van der Waals surface area contributed by atoms with E-state index in [1.807, 2.05) is 24.3 Å². The van der Waals surface area contributed by atoms with Gasteiger partial charge >= 0.3 is 5.97 Å². The highest BCUT2D eigenvalue weighted by atomic mass is 32.2. The highest BCUT2D eigenvalue weighted by molar-refractivity contribution is 7.99. The number of carboxylic acid groups (broad SMARTS) is 1. The second-order valence-electron chi connectivity index (χ2n) is 4.34. The molecule has 2 aromatic heterocycles. The Labute approximate surface area is 122 Å². The average Bonchev–Trinajstić information content (AvgIpc) is 2.97. The number of hydrogen-bond acceptors (Lipinski definition) is 5. The maximum atomic E-state index is 11.0. The molecule has 0 unspecified atom stereocenters. The molecule has 8 nitrogen and oxygen atoms in total. The third-order valence-corrected chi connectivity index (χ3v) is 3.86. The Balaban J connectivity index is 2.21. The van der Waals surface area contributed by atoms with Crippen LogP contribution in [0.4, 0.5) is 0 Å². The van der Waals surface area contributed by atoms with E-state index < -0.39 is 11.9 Å². The molecule has 0 aliphatic rings. The summed E-state index contributed by atoms with van der Waals surface area (Å²) in [5, 5.41) is 17.6.